The summed E-state index contributed by atoms with van der Waals surface area (Å²) in [7, 11) is 0. The summed E-state index contributed by atoms with van der Waals surface area (Å²) in [5.74, 6) is 0.559. The lowest BCUT2D eigenvalue weighted by molar-refractivity contribution is 0.381. The molecule has 15 heavy (non-hydrogen) atoms. The van der Waals surface area contributed by atoms with Crippen LogP contribution in [0.5, 0.6) is 0 Å². The topological polar surface area (TPSA) is 74.2 Å². The summed E-state index contributed by atoms with van der Waals surface area (Å²) >= 11 is 0. The van der Waals surface area contributed by atoms with Crippen LogP contribution in [0.25, 0.3) is 0 Å². The Labute approximate surface area is 90.6 Å². The number of guanidine groups is 1. The number of aliphatic imine (C=N–C) groups is 1. The van der Waals surface area contributed by atoms with E-state index in [1.54, 1.807) is 0 Å². The van der Waals surface area contributed by atoms with E-state index >= 15 is 0 Å². The Balaban J connectivity index is 1.75. The van der Waals surface area contributed by atoms with Crippen molar-refractivity contribution in [2.24, 2.45) is 16.1 Å². The Morgan fingerprint density at radius 3 is 2.73 bits per heavy atom. The maximum atomic E-state index is 8.65. The first-order valence-corrected chi connectivity index (χ1v) is 5.68. The largest absolute Gasteiger partial charge is 0.370 e. The highest BCUT2D eigenvalue weighted by Gasteiger charge is 2.42. The fraction of sp³-hybridized carbons (Fsp3) is 0.818. The van der Waals surface area contributed by atoms with Crippen molar-refractivity contribution in [2.75, 3.05) is 6.54 Å². The minimum absolute atomic E-state index is 0.167. The van der Waals surface area contributed by atoms with Gasteiger partial charge in [-0.15, -0.1) is 0 Å². The molecule has 0 aromatic heterocycles. The van der Waals surface area contributed by atoms with E-state index in [4.69, 9.17) is 11.0 Å². The van der Waals surface area contributed by atoms with Gasteiger partial charge in [0.15, 0.2) is 5.96 Å². The van der Waals surface area contributed by atoms with Crippen molar-refractivity contribution in [3.8, 4) is 6.07 Å². The maximum Gasteiger partial charge on any atom is 0.188 e. The third-order valence-corrected chi connectivity index (χ3v) is 3.45. The standard InChI is InChI=1S/C11H18N4/c12-7-6-11(4-5-11)8-14-10(13)15-9-2-1-3-9/h9H,1-6,8H2,(H3,13,14,15). The molecule has 0 atom stereocenters. The van der Waals surface area contributed by atoms with Gasteiger partial charge in [0.05, 0.1) is 6.07 Å². The zero-order valence-electron chi connectivity index (χ0n) is 9.00. The van der Waals surface area contributed by atoms with Crippen LogP contribution in [0.1, 0.15) is 38.5 Å². The molecule has 0 aromatic carbocycles. The Morgan fingerprint density at radius 2 is 2.27 bits per heavy atom. The van der Waals surface area contributed by atoms with Crippen molar-refractivity contribution >= 4 is 5.96 Å². The summed E-state index contributed by atoms with van der Waals surface area (Å²) in [4.78, 5) is 4.33. The molecule has 2 aliphatic carbocycles. The molecule has 0 aromatic rings. The average Bonchev–Trinajstić information content (AvgIpc) is 2.90. The Hall–Kier alpha value is -1.24. The van der Waals surface area contributed by atoms with Crippen LogP contribution in [0.4, 0.5) is 0 Å². The minimum Gasteiger partial charge on any atom is -0.370 e. The van der Waals surface area contributed by atoms with E-state index in [-0.39, 0.29) is 5.41 Å². The van der Waals surface area contributed by atoms with E-state index in [0.29, 0.717) is 25.0 Å². The lowest BCUT2D eigenvalue weighted by Gasteiger charge is -2.26. The molecular weight excluding hydrogens is 188 g/mol. The van der Waals surface area contributed by atoms with Crippen LogP contribution in [-0.2, 0) is 0 Å². The van der Waals surface area contributed by atoms with Crippen molar-refractivity contribution in [2.45, 2.75) is 44.6 Å². The average molecular weight is 206 g/mol. The van der Waals surface area contributed by atoms with Gasteiger partial charge in [-0.05, 0) is 32.1 Å². The van der Waals surface area contributed by atoms with Gasteiger partial charge in [-0.2, -0.15) is 5.26 Å². The van der Waals surface area contributed by atoms with Crippen LogP contribution >= 0.6 is 0 Å². The summed E-state index contributed by atoms with van der Waals surface area (Å²) in [6.07, 6.45) is 6.58. The summed E-state index contributed by atoms with van der Waals surface area (Å²) in [5.41, 5.74) is 5.94. The molecule has 82 valence electrons. The number of nitriles is 1. The molecule has 0 radical (unpaired) electrons. The third kappa shape index (κ3) is 2.62. The molecule has 0 unspecified atom stereocenters. The lowest BCUT2D eigenvalue weighted by atomic mass is 9.93. The number of rotatable bonds is 4. The maximum absolute atomic E-state index is 8.65. The molecule has 3 N–H and O–H groups in total. The molecule has 2 rings (SSSR count). The van der Waals surface area contributed by atoms with Gasteiger partial charge >= 0.3 is 0 Å². The van der Waals surface area contributed by atoms with Gasteiger partial charge in [0.1, 0.15) is 0 Å². The molecule has 0 spiro atoms. The smallest absolute Gasteiger partial charge is 0.188 e. The Kier molecular flexibility index (Phi) is 2.81. The van der Waals surface area contributed by atoms with Crippen molar-refractivity contribution in [1.82, 2.24) is 5.32 Å². The highest BCUT2D eigenvalue weighted by molar-refractivity contribution is 5.78. The van der Waals surface area contributed by atoms with Gasteiger partial charge in [0, 0.05) is 24.4 Å². The Morgan fingerprint density at radius 1 is 1.53 bits per heavy atom. The molecule has 0 bridgehead atoms. The molecule has 4 heteroatoms. The summed E-state index contributed by atoms with van der Waals surface area (Å²) < 4.78 is 0. The molecular formula is C11H18N4. The normalized spacial score (nSPS) is 24.1. The number of nitrogens with two attached hydrogens (primary N) is 1. The summed E-state index contributed by atoms with van der Waals surface area (Å²) in [6.45, 7) is 0.714. The summed E-state index contributed by atoms with van der Waals surface area (Å²) in [6, 6.07) is 2.77. The second-order valence-electron chi connectivity index (χ2n) is 4.81. The van der Waals surface area contributed by atoms with Crippen LogP contribution in [0, 0.1) is 16.7 Å². The highest BCUT2D eigenvalue weighted by atomic mass is 15.1. The molecule has 0 aliphatic heterocycles. The van der Waals surface area contributed by atoms with E-state index in [0.717, 1.165) is 12.8 Å². The number of nitrogens with one attached hydrogen (secondary N) is 1. The molecule has 2 saturated carbocycles. The van der Waals surface area contributed by atoms with E-state index in [1.165, 1.54) is 19.3 Å². The van der Waals surface area contributed by atoms with Gasteiger partial charge in [-0.3, -0.25) is 4.99 Å². The van der Waals surface area contributed by atoms with Crippen molar-refractivity contribution in [3.63, 3.8) is 0 Å². The van der Waals surface area contributed by atoms with Crippen molar-refractivity contribution in [1.29, 1.82) is 5.26 Å². The second-order valence-corrected chi connectivity index (χ2v) is 4.81. The molecule has 4 nitrogen and oxygen atoms in total. The molecule has 0 heterocycles. The first-order chi connectivity index (χ1) is 7.24. The quantitative estimate of drug-likeness (QED) is 0.535. The van der Waals surface area contributed by atoms with E-state index in [1.807, 2.05) is 0 Å². The fourth-order valence-electron chi connectivity index (χ4n) is 1.80. The van der Waals surface area contributed by atoms with Crippen LogP contribution in [0.15, 0.2) is 4.99 Å². The molecule has 2 aliphatic rings. The van der Waals surface area contributed by atoms with Crippen molar-refractivity contribution in [3.05, 3.63) is 0 Å². The highest BCUT2D eigenvalue weighted by Crippen LogP contribution is 2.48. The van der Waals surface area contributed by atoms with Gasteiger partial charge < -0.3 is 11.1 Å². The van der Waals surface area contributed by atoms with Crippen LogP contribution in [0.2, 0.25) is 0 Å². The van der Waals surface area contributed by atoms with E-state index in [9.17, 15) is 0 Å². The van der Waals surface area contributed by atoms with Crippen LogP contribution in [-0.4, -0.2) is 18.5 Å². The first kappa shape index (κ1) is 10.3. The number of hydrogen-bond acceptors (Lipinski definition) is 2. The lowest BCUT2D eigenvalue weighted by Crippen LogP contribution is -2.43. The molecule has 0 amide bonds. The number of hydrogen-bond donors (Lipinski definition) is 2. The van der Waals surface area contributed by atoms with Gasteiger partial charge in [0.2, 0.25) is 0 Å². The van der Waals surface area contributed by atoms with Gasteiger partial charge in [0.25, 0.3) is 0 Å². The van der Waals surface area contributed by atoms with Gasteiger partial charge in [-0.25, -0.2) is 0 Å². The summed E-state index contributed by atoms with van der Waals surface area (Å²) in [5, 5.41) is 11.9. The van der Waals surface area contributed by atoms with Crippen LogP contribution in [0.3, 0.4) is 0 Å². The SMILES string of the molecule is N#CCC1(CN=C(N)NC2CCC2)CC1. The van der Waals surface area contributed by atoms with Crippen LogP contribution < -0.4 is 11.1 Å². The zero-order chi connectivity index (χ0) is 10.7. The fourth-order valence-corrected chi connectivity index (χ4v) is 1.80. The predicted octanol–water partition coefficient (Wildman–Crippen LogP) is 1.14. The number of nitrogens with zero attached hydrogens (tertiary/aromatic N) is 2. The second kappa shape index (κ2) is 4.09. The molecule has 2 fully saturated rings. The predicted molar refractivity (Wildman–Crippen MR) is 59.2 cm³/mol. The van der Waals surface area contributed by atoms with E-state index < -0.39 is 0 Å². The Bertz CT molecular complexity index is 294. The van der Waals surface area contributed by atoms with E-state index in [2.05, 4.69) is 16.4 Å². The zero-order valence-corrected chi connectivity index (χ0v) is 9.00. The van der Waals surface area contributed by atoms with Gasteiger partial charge in [-0.1, -0.05) is 0 Å². The van der Waals surface area contributed by atoms with Crippen molar-refractivity contribution < 1.29 is 0 Å². The molecule has 0 saturated heterocycles. The monoisotopic (exact) mass is 206 g/mol. The first-order valence-electron chi connectivity index (χ1n) is 5.68. The third-order valence-electron chi connectivity index (χ3n) is 3.45. The minimum atomic E-state index is 0.167.